The van der Waals surface area contributed by atoms with Gasteiger partial charge in [-0.25, -0.2) is 0 Å². The number of rotatable bonds is 13. The summed E-state index contributed by atoms with van der Waals surface area (Å²) in [4.78, 5) is 28.9. The third-order valence-corrected chi connectivity index (χ3v) is 6.00. The van der Waals surface area contributed by atoms with Crippen molar-refractivity contribution >= 4 is 23.4 Å². The number of carbonyl (C=O) groups excluding carboxylic acids is 2. The third-order valence-electron chi connectivity index (χ3n) is 5.75. The Morgan fingerprint density at radius 1 is 0.944 bits per heavy atom. The van der Waals surface area contributed by atoms with Crippen molar-refractivity contribution in [2.45, 2.75) is 32.4 Å². The molecule has 0 unspecified atom stereocenters. The van der Waals surface area contributed by atoms with Gasteiger partial charge in [0.15, 0.2) is 0 Å². The van der Waals surface area contributed by atoms with E-state index >= 15 is 0 Å². The lowest BCUT2D eigenvalue weighted by molar-refractivity contribution is -0.141. The van der Waals surface area contributed by atoms with E-state index in [0.29, 0.717) is 31.2 Å². The van der Waals surface area contributed by atoms with Crippen LogP contribution < -0.4 is 10.1 Å². The number of benzene rings is 3. The van der Waals surface area contributed by atoms with Gasteiger partial charge in [-0.2, -0.15) is 0 Å². The molecule has 0 heterocycles. The topological polar surface area (TPSA) is 67.9 Å². The quantitative estimate of drug-likeness (QED) is 0.322. The predicted octanol–water partition coefficient (Wildman–Crippen LogP) is 5.20. The Balaban J connectivity index is 1.91. The lowest BCUT2D eigenvalue weighted by atomic mass is 10.0. The Hall–Kier alpha value is -3.35. The summed E-state index contributed by atoms with van der Waals surface area (Å²) in [5, 5.41) is 3.61. The van der Waals surface area contributed by atoms with E-state index in [9.17, 15) is 9.59 Å². The lowest BCUT2D eigenvalue weighted by Crippen LogP contribution is -2.44. The minimum Gasteiger partial charge on any atom is -0.497 e. The van der Waals surface area contributed by atoms with Crippen LogP contribution in [-0.2, 0) is 27.3 Å². The molecule has 0 aliphatic rings. The highest BCUT2D eigenvalue weighted by molar-refractivity contribution is 6.30. The molecule has 190 valence electrons. The van der Waals surface area contributed by atoms with Crippen LogP contribution in [0.3, 0.4) is 0 Å². The van der Waals surface area contributed by atoms with Crippen LogP contribution in [0.25, 0.3) is 0 Å². The number of amides is 2. The van der Waals surface area contributed by atoms with Gasteiger partial charge in [-0.15, -0.1) is 0 Å². The molecule has 3 aromatic rings. The minimum absolute atomic E-state index is 0.147. The van der Waals surface area contributed by atoms with Crippen LogP contribution in [0.5, 0.6) is 5.75 Å². The third kappa shape index (κ3) is 8.11. The highest BCUT2D eigenvalue weighted by Gasteiger charge is 2.31. The number of carbonyl (C=O) groups is 2. The Kier molecular flexibility index (Phi) is 10.8. The average molecular weight is 509 g/mol. The van der Waals surface area contributed by atoms with Crippen LogP contribution in [-0.4, -0.2) is 43.6 Å². The Morgan fingerprint density at radius 3 is 2.25 bits per heavy atom. The van der Waals surface area contributed by atoms with Gasteiger partial charge in [0.1, 0.15) is 11.8 Å². The summed E-state index contributed by atoms with van der Waals surface area (Å²) in [6.07, 6.45) is 0.840. The summed E-state index contributed by atoms with van der Waals surface area (Å²) in [6.45, 7) is 3.87. The molecule has 1 N–H and O–H groups in total. The Bertz CT molecular complexity index is 1090. The Morgan fingerprint density at radius 2 is 1.61 bits per heavy atom. The van der Waals surface area contributed by atoms with Crippen molar-refractivity contribution in [2.24, 2.45) is 0 Å². The Labute approximate surface area is 218 Å². The normalized spacial score (nSPS) is 11.5. The minimum atomic E-state index is -0.791. The summed E-state index contributed by atoms with van der Waals surface area (Å²) < 4.78 is 10.7. The maximum atomic E-state index is 13.7. The standard InChI is InChI=1S/C29H33ClN2O4/c1-3-36-19-7-18-31-29(34)28(24-8-5-4-6-9-24)32(21-23-12-16-26(35-2)17-13-23)27(33)20-22-10-14-25(30)15-11-22/h4-6,8-17,28H,3,7,18-21H2,1-2H3,(H,31,34)/t28-/m0/s1. The highest BCUT2D eigenvalue weighted by Crippen LogP contribution is 2.26. The first-order chi connectivity index (χ1) is 17.5. The van der Waals surface area contributed by atoms with E-state index in [4.69, 9.17) is 21.1 Å². The molecule has 0 aliphatic carbocycles. The molecule has 3 rings (SSSR count). The number of nitrogens with one attached hydrogen (secondary N) is 1. The average Bonchev–Trinajstić information content (AvgIpc) is 2.90. The summed E-state index contributed by atoms with van der Waals surface area (Å²) in [5.74, 6) is 0.339. The molecule has 0 aromatic heterocycles. The smallest absolute Gasteiger partial charge is 0.247 e. The SMILES string of the molecule is CCOCCCNC(=O)[C@H](c1ccccc1)N(Cc1ccc(OC)cc1)C(=O)Cc1ccc(Cl)cc1. The molecule has 36 heavy (non-hydrogen) atoms. The first kappa shape index (κ1) is 27.2. The van der Waals surface area contributed by atoms with E-state index in [2.05, 4.69) is 5.32 Å². The second kappa shape index (κ2) is 14.3. The molecular formula is C29H33ClN2O4. The molecule has 0 fully saturated rings. The van der Waals surface area contributed by atoms with E-state index < -0.39 is 6.04 Å². The van der Waals surface area contributed by atoms with E-state index in [-0.39, 0.29) is 24.8 Å². The fraction of sp³-hybridized carbons (Fsp3) is 0.310. The predicted molar refractivity (Wildman–Crippen MR) is 142 cm³/mol. The first-order valence-electron chi connectivity index (χ1n) is 12.1. The van der Waals surface area contributed by atoms with Crippen LogP contribution in [0.4, 0.5) is 0 Å². The van der Waals surface area contributed by atoms with Crippen molar-refractivity contribution < 1.29 is 19.1 Å². The van der Waals surface area contributed by atoms with Gasteiger partial charge in [0, 0.05) is 31.3 Å². The van der Waals surface area contributed by atoms with Crippen molar-refractivity contribution in [1.29, 1.82) is 0 Å². The summed E-state index contributed by atoms with van der Waals surface area (Å²) in [7, 11) is 1.61. The molecule has 7 heteroatoms. The second-order valence-electron chi connectivity index (χ2n) is 8.33. The van der Waals surface area contributed by atoms with Crippen molar-refractivity contribution in [3.05, 3.63) is 101 Å². The first-order valence-corrected chi connectivity index (χ1v) is 12.5. The zero-order chi connectivity index (χ0) is 25.8. The number of nitrogens with zero attached hydrogens (tertiary/aromatic N) is 1. The molecule has 1 atom stereocenters. The van der Waals surface area contributed by atoms with Crippen molar-refractivity contribution in [3.63, 3.8) is 0 Å². The molecule has 0 saturated heterocycles. The molecule has 0 spiro atoms. The van der Waals surface area contributed by atoms with Crippen LogP contribution in [0.2, 0.25) is 5.02 Å². The molecule has 0 aliphatic heterocycles. The largest absolute Gasteiger partial charge is 0.497 e. The lowest BCUT2D eigenvalue weighted by Gasteiger charge is -2.32. The summed E-state index contributed by atoms with van der Waals surface area (Å²) in [5.41, 5.74) is 2.47. The number of hydrogen-bond donors (Lipinski definition) is 1. The fourth-order valence-corrected chi connectivity index (χ4v) is 3.99. The maximum absolute atomic E-state index is 13.7. The van der Waals surface area contributed by atoms with Gasteiger partial charge < -0.3 is 19.7 Å². The zero-order valence-corrected chi connectivity index (χ0v) is 21.5. The van der Waals surface area contributed by atoms with Crippen LogP contribution in [0.15, 0.2) is 78.9 Å². The van der Waals surface area contributed by atoms with E-state index in [1.807, 2.05) is 73.7 Å². The van der Waals surface area contributed by atoms with Crippen LogP contribution in [0.1, 0.15) is 36.1 Å². The molecule has 6 nitrogen and oxygen atoms in total. The van der Waals surface area contributed by atoms with Gasteiger partial charge in [-0.1, -0.05) is 66.2 Å². The second-order valence-corrected chi connectivity index (χ2v) is 8.76. The van der Waals surface area contributed by atoms with Crippen molar-refractivity contribution in [1.82, 2.24) is 10.2 Å². The fourth-order valence-electron chi connectivity index (χ4n) is 3.86. The molecule has 3 aromatic carbocycles. The van der Waals surface area contributed by atoms with Crippen molar-refractivity contribution in [2.75, 3.05) is 26.9 Å². The van der Waals surface area contributed by atoms with E-state index in [0.717, 1.165) is 22.4 Å². The van der Waals surface area contributed by atoms with Crippen LogP contribution >= 0.6 is 11.6 Å². The number of halogens is 1. The van der Waals surface area contributed by atoms with Gasteiger partial charge in [-0.3, -0.25) is 9.59 Å². The van der Waals surface area contributed by atoms with Gasteiger partial charge >= 0.3 is 0 Å². The highest BCUT2D eigenvalue weighted by atomic mass is 35.5. The summed E-state index contributed by atoms with van der Waals surface area (Å²) >= 11 is 6.03. The van der Waals surface area contributed by atoms with E-state index in [1.165, 1.54) is 0 Å². The van der Waals surface area contributed by atoms with Gasteiger partial charge in [-0.05, 0) is 54.3 Å². The molecule has 0 bridgehead atoms. The number of ether oxygens (including phenoxy) is 2. The molecule has 0 radical (unpaired) electrons. The van der Waals surface area contributed by atoms with Crippen LogP contribution in [0, 0.1) is 0 Å². The van der Waals surface area contributed by atoms with Gasteiger partial charge in [0.2, 0.25) is 11.8 Å². The van der Waals surface area contributed by atoms with Gasteiger partial charge in [0.25, 0.3) is 0 Å². The zero-order valence-electron chi connectivity index (χ0n) is 20.8. The molecule has 2 amide bonds. The molecule has 0 saturated carbocycles. The monoisotopic (exact) mass is 508 g/mol. The molecular weight excluding hydrogens is 476 g/mol. The summed E-state index contributed by atoms with van der Waals surface area (Å²) in [6, 6.07) is 23.3. The van der Waals surface area contributed by atoms with Crippen molar-refractivity contribution in [3.8, 4) is 5.75 Å². The number of methoxy groups -OCH3 is 1. The number of hydrogen-bond acceptors (Lipinski definition) is 4. The maximum Gasteiger partial charge on any atom is 0.247 e. The van der Waals surface area contributed by atoms with E-state index in [1.54, 1.807) is 24.1 Å². The van der Waals surface area contributed by atoms with Gasteiger partial charge in [0.05, 0.1) is 13.5 Å².